The van der Waals surface area contributed by atoms with Gasteiger partial charge in [0.2, 0.25) is 5.75 Å². The van der Waals surface area contributed by atoms with Gasteiger partial charge in [-0.05, 0) is 52.3 Å². The largest absolute Gasteiger partial charge is 0.490 e. The zero-order valence-corrected chi connectivity index (χ0v) is 19.9. The molecule has 1 aromatic heterocycles. The quantitative estimate of drug-likeness (QED) is 0.569. The fraction of sp³-hybridized carbons (Fsp3) is 0.409. The number of ether oxygens (including phenoxy) is 4. The van der Waals surface area contributed by atoms with Crippen LogP contribution in [0.3, 0.4) is 0 Å². The van der Waals surface area contributed by atoms with Crippen LogP contribution in [0.5, 0.6) is 17.2 Å². The van der Waals surface area contributed by atoms with Crippen LogP contribution in [0, 0.1) is 13.8 Å². The van der Waals surface area contributed by atoms with E-state index >= 15 is 0 Å². The molecule has 0 bridgehead atoms. The van der Waals surface area contributed by atoms with E-state index in [1.165, 1.54) is 11.3 Å². The number of thiophene rings is 1. The Labute approximate surface area is 191 Å². The molecule has 32 heavy (non-hydrogen) atoms. The van der Waals surface area contributed by atoms with Crippen LogP contribution in [0.2, 0.25) is 0 Å². The number of anilines is 1. The number of imide groups is 1. The zero-order chi connectivity index (χ0) is 23.8. The molecule has 0 unspecified atom stereocenters. The number of amides is 3. The fourth-order valence-electron chi connectivity index (χ4n) is 2.89. The summed E-state index contributed by atoms with van der Waals surface area (Å²) in [7, 11) is 1.16. The summed E-state index contributed by atoms with van der Waals surface area (Å²) in [6.07, 6.45) is -0.884. The highest BCUT2D eigenvalue weighted by Gasteiger charge is 2.24. The summed E-state index contributed by atoms with van der Waals surface area (Å²) >= 11 is 1.24. The van der Waals surface area contributed by atoms with Crippen molar-refractivity contribution in [2.45, 2.75) is 34.6 Å². The predicted molar refractivity (Wildman–Crippen MR) is 122 cm³/mol. The molecule has 1 aromatic carbocycles. The van der Waals surface area contributed by atoms with Crippen molar-refractivity contribution in [1.82, 2.24) is 5.32 Å². The van der Waals surface area contributed by atoms with Crippen molar-refractivity contribution in [3.63, 3.8) is 0 Å². The molecular formula is C22H28N2O7S. The monoisotopic (exact) mass is 464 g/mol. The van der Waals surface area contributed by atoms with E-state index in [1.54, 1.807) is 19.1 Å². The van der Waals surface area contributed by atoms with Crippen molar-refractivity contribution in [3.8, 4) is 17.2 Å². The molecule has 2 rings (SSSR count). The maximum absolute atomic E-state index is 13.1. The van der Waals surface area contributed by atoms with E-state index in [1.807, 2.05) is 27.7 Å². The minimum absolute atomic E-state index is 0.201. The van der Waals surface area contributed by atoms with Crippen LogP contribution < -0.4 is 24.8 Å². The standard InChI is InChI=1S/C22H28N2O7S/c1-7-29-15-10-14(11-16(30-8-2)18(15)31-9-3)19(25)23-21-17(12(4)13(5)32-21)20(26)24-22(27)28-6/h10-11H,7-9H2,1-6H3,(H,23,25)(H,24,26,27). The van der Waals surface area contributed by atoms with E-state index in [2.05, 4.69) is 15.4 Å². The average molecular weight is 465 g/mol. The molecular weight excluding hydrogens is 436 g/mol. The van der Waals surface area contributed by atoms with Crippen molar-refractivity contribution >= 4 is 34.2 Å². The molecule has 2 aromatic rings. The van der Waals surface area contributed by atoms with Crippen LogP contribution in [0.15, 0.2) is 12.1 Å². The van der Waals surface area contributed by atoms with Gasteiger partial charge in [0, 0.05) is 10.4 Å². The molecule has 3 amide bonds. The average Bonchev–Trinajstić information content (AvgIpc) is 3.03. The highest BCUT2D eigenvalue weighted by molar-refractivity contribution is 7.16. The van der Waals surface area contributed by atoms with Gasteiger partial charge in [-0.3, -0.25) is 14.9 Å². The molecule has 0 aliphatic rings. The first kappa shape index (κ1) is 25.0. The van der Waals surface area contributed by atoms with Gasteiger partial charge in [-0.15, -0.1) is 11.3 Å². The molecule has 0 radical (unpaired) electrons. The highest BCUT2D eigenvalue weighted by Crippen LogP contribution is 2.40. The van der Waals surface area contributed by atoms with E-state index in [9.17, 15) is 14.4 Å². The lowest BCUT2D eigenvalue weighted by Gasteiger charge is -2.17. The van der Waals surface area contributed by atoms with Crippen LogP contribution in [0.4, 0.5) is 9.80 Å². The van der Waals surface area contributed by atoms with E-state index in [0.29, 0.717) is 47.6 Å². The Bertz CT molecular complexity index is 973. The second kappa shape index (κ2) is 11.4. The van der Waals surface area contributed by atoms with Gasteiger partial charge < -0.3 is 24.3 Å². The third-order valence-electron chi connectivity index (χ3n) is 4.41. The molecule has 9 nitrogen and oxygen atoms in total. The third kappa shape index (κ3) is 5.70. The van der Waals surface area contributed by atoms with Crippen LogP contribution in [0.1, 0.15) is 51.9 Å². The van der Waals surface area contributed by atoms with Crippen molar-refractivity contribution in [2.24, 2.45) is 0 Å². The molecule has 174 valence electrons. The summed E-state index contributed by atoms with van der Waals surface area (Å²) < 4.78 is 21.5. The van der Waals surface area contributed by atoms with Crippen LogP contribution in [0.25, 0.3) is 0 Å². The van der Waals surface area contributed by atoms with Crippen molar-refractivity contribution in [2.75, 3.05) is 32.2 Å². The molecule has 0 spiro atoms. The predicted octanol–water partition coefficient (Wildman–Crippen LogP) is 4.31. The Morgan fingerprint density at radius 3 is 1.97 bits per heavy atom. The van der Waals surface area contributed by atoms with Gasteiger partial charge in [0.1, 0.15) is 5.00 Å². The van der Waals surface area contributed by atoms with Gasteiger partial charge in [0.05, 0.1) is 32.5 Å². The number of hydrogen-bond acceptors (Lipinski definition) is 8. The minimum Gasteiger partial charge on any atom is -0.490 e. The maximum atomic E-state index is 13.1. The minimum atomic E-state index is -0.884. The summed E-state index contributed by atoms with van der Waals surface area (Å²) in [5.41, 5.74) is 1.12. The third-order valence-corrected chi connectivity index (χ3v) is 5.53. The van der Waals surface area contributed by atoms with Gasteiger partial charge in [0.25, 0.3) is 11.8 Å². The Hall–Kier alpha value is -3.27. The zero-order valence-electron chi connectivity index (χ0n) is 19.0. The van der Waals surface area contributed by atoms with Gasteiger partial charge in [0.15, 0.2) is 11.5 Å². The smallest absolute Gasteiger partial charge is 0.413 e. The number of hydrogen-bond donors (Lipinski definition) is 2. The van der Waals surface area contributed by atoms with E-state index in [0.717, 1.165) is 12.0 Å². The summed E-state index contributed by atoms with van der Waals surface area (Å²) in [4.78, 5) is 38.0. The first-order valence-electron chi connectivity index (χ1n) is 10.1. The molecule has 2 N–H and O–H groups in total. The Morgan fingerprint density at radius 2 is 1.47 bits per heavy atom. The number of alkyl carbamates (subject to hydrolysis) is 1. The molecule has 0 fully saturated rings. The molecule has 0 atom stereocenters. The van der Waals surface area contributed by atoms with Crippen LogP contribution in [-0.2, 0) is 4.74 Å². The molecule has 10 heteroatoms. The molecule has 0 aliphatic heterocycles. The highest BCUT2D eigenvalue weighted by atomic mass is 32.1. The summed E-state index contributed by atoms with van der Waals surface area (Å²) in [6.45, 7) is 10.2. The van der Waals surface area contributed by atoms with Crippen molar-refractivity contribution in [3.05, 3.63) is 33.7 Å². The Balaban J connectivity index is 2.43. The molecule has 0 aliphatic carbocycles. The summed E-state index contributed by atoms with van der Waals surface area (Å²) in [5, 5.41) is 5.21. The van der Waals surface area contributed by atoms with Crippen molar-refractivity contribution in [1.29, 1.82) is 0 Å². The molecule has 0 saturated heterocycles. The lowest BCUT2D eigenvalue weighted by atomic mass is 10.1. The number of carbonyl (C=O) groups is 3. The first-order chi connectivity index (χ1) is 15.3. The second-order valence-corrected chi connectivity index (χ2v) is 7.71. The number of benzene rings is 1. The molecule has 0 saturated carbocycles. The van der Waals surface area contributed by atoms with E-state index in [-0.39, 0.29) is 11.1 Å². The normalized spacial score (nSPS) is 10.3. The van der Waals surface area contributed by atoms with Crippen LogP contribution in [-0.4, -0.2) is 44.8 Å². The van der Waals surface area contributed by atoms with E-state index < -0.39 is 17.9 Å². The number of methoxy groups -OCH3 is 1. The maximum Gasteiger partial charge on any atom is 0.413 e. The number of nitrogens with one attached hydrogen (secondary N) is 2. The van der Waals surface area contributed by atoms with Gasteiger partial charge >= 0.3 is 6.09 Å². The summed E-state index contributed by atoms with van der Waals surface area (Å²) in [6, 6.07) is 3.13. The fourth-order valence-corrected chi connectivity index (χ4v) is 3.94. The van der Waals surface area contributed by atoms with Crippen LogP contribution >= 0.6 is 11.3 Å². The molecule has 1 heterocycles. The summed E-state index contributed by atoms with van der Waals surface area (Å²) in [5.74, 6) is 0.0584. The van der Waals surface area contributed by atoms with E-state index in [4.69, 9.17) is 14.2 Å². The Kier molecular flexibility index (Phi) is 8.89. The van der Waals surface area contributed by atoms with Crippen molar-refractivity contribution < 1.29 is 33.3 Å². The second-order valence-electron chi connectivity index (χ2n) is 6.49. The number of aryl methyl sites for hydroxylation is 1. The number of rotatable bonds is 9. The van der Waals surface area contributed by atoms with Gasteiger partial charge in [-0.25, -0.2) is 4.79 Å². The topological polar surface area (TPSA) is 112 Å². The van der Waals surface area contributed by atoms with Gasteiger partial charge in [-0.1, -0.05) is 0 Å². The lowest BCUT2D eigenvalue weighted by molar-refractivity contribution is 0.0937. The lowest BCUT2D eigenvalue weighted by Crippen LogP contribution is -2.31. The Morgan fingerprint density at radius 1 is 0.906 bits per heavy atom. The SMILES string of the molecule is CCOc1cc(C(=O)Nc2sc(C)c(C)c2C(=O)NC(=O)OC)cc(OCC)c1OCC. The first-order valence-corrected chi connectivity index (χ1v) is 11.0. The number of carbonyl (C=O) groups excluding carboxylic acids is 3. The van der Waals surface area contributed by atoms with Gasteiger partial charge in [-0.2, -0.15) is 0 Å².